The second-order valence-electron chi connectivity index (χ2n) is 4.05. The number of hydrogen-bond acceptors (Lipinski definition) is 2. The van der Waals surface area contributed by atoms with Crippen molar-refractivity contribution in [2.24, 2.45) is 0 Å². The number of hydrogen-bond donors (Lipinski definition) is 1. The monoisotopic (exact) mass is 279 g/mol. The normalized spacial score (nSPS) is 10.3. The van der Waals surface area contributed by atoms with Crippen LogP contribution in [0.3, 0.4) is 0 Å². The zero-order valence-electron chi connectivity index (χ0n) is 10.6. The molecule has 4 heteroatoms. The molecule has 0 heterocycles. The van der Waals surface area contributed by atoms with Crippen LogP contribution in [0, 0.1) is 5.82 Å². The quantitative estimate of drug-likeness (QED) is 0.871. The van der Waals surface area contributed by atoms with Gasteiger partial charge in [-0.15, -0.1) is 0 Å². The van der Waals surface area contributed by atoms with Crippen LogP contribution >= 0.6 is 11.6 Å². The van der Waals surface area contributed by atoms with Gasteiger partial charge in [-0.3, -0.25) is 0 Å². The van der Waals surface area contributed by atoms with Crippen molar-refractivity contribution < 1.29 is 9.13 Å². The molecule has 0 amide bonds. The highest BCUT2D eigenvalue weighted by Crippen LogP contribution is 2.18. The first-order chi connectivity index (χ1) is 9.19. The minimum atomic E-state index is -0.300. The van der Waals surface area contributed by atoms with E-state index >= 15 is 0 Å². The summed E-state index contributed by atoms with van der Waals surface area (Å²) < 4.78 is 18.9. The SMILES string of the molecule is CCOc1ccc(NCc2ccc(Cl)cc2F)cc1. The lowest BCUT2D eigenvalue weighted by Crippen LogP contribution is -2.01. The molecule has 0 spiro atoms. The van der Waals surface area contributed by atoms with Gasteiger partial charge in [0.1, 0.15) is 11.6 Å². The van der Waals surface area contributed by atoms with Gasteiger partial charge in [-0.2, -0.15) is 0 Å². The number of nitrogens with one attached hydrogen (secondary N) is 1. The molecule has 2 rings (SSSR count). The Hall–Kier alpha value is -1.74. The summed E-state index contributed by atoms with van der Waals surface area (Å²) >= 11 is 5.71. The van der Waals surface area contributed by atoms with Gasteiger partial charge in [-0.25, -0.2) is 4.39 Å². The van der Waals surface area contributed by atoms with Gasteiger partial charge < -0.3 is 10.1 Å². The lowest BCUT2D eigenvalue weighted by atomic mass is 10.2. The second-order valence-corrected chi connectivity index (χ2v) is 4.48. The van der Waals surface area contributed by atoms with Crippen molar-refractivity contribution in [1.29, 1.82) is 0 Å². The molecule has 0 aliphatic heterocycles. The van der Waals surface area contributed by atoms with Gasteiger partial charge in [0, 0.05) is 22.8 Å². The largest absolute Gasteiger partial charge is 0.494 e. The Balaban J connectivity index is 1.98. The predicted molar refractivity (Wildman–Crippen MR) is 76.3 cm³/mol. The molecule has 2 aromatic rings. The van der Waals surface area contributed by atoms with Gasteiger partial charge in [-0.1, -0.05) is 17.7 Å². The fourth-order valence-electron chi connectivity index (χ4n) is 1.70. The number of rotatable bonds is 5. The molecule has 0 aliphatic carbocycles. The Labute approximate surface area is 117 Å². The highest BCUT2D eigenvalue weighted by Gasteiger charge is 2.02. The van der Waals surface area contributed by atoms with E-state index in [4.69, 9.17) is 16.3 Å². The standard InChI is InChI=1S/C15H15ClFNO/c1-2-19-14-7-5-13(6-8-14)18-10-11-3-4-12(16)9-15(11)17/h3-9,18H,2,10H2,1H3. The predicted octanol–water partition coefficient (Wildman–Crippen LogP) is 4.49. The number of anilines is 1. The Morgan fingerprint density at radius 1 is 1.16 bits per heavy atom. The first-order valence-corrected chi connectivity index (χ1v) is 6.47. The summed E-state index contributed by atoms with van der Waals surface area (Å²) in [6, 6.07) is 12.2. The molecule has 0 saturated carbocycles. The summed E-state index contributed by atoms with van der Waals surface area (Å²) in [6.45, 7) is 3.00. The van der Waals surface area contributed by atoms with Crippen LogP contribution in [0.4, 0.5) is 10.1 Å². The van der Waals surface area contributed by atoms with Crippen LogP contribution in [0.15, 0.2) is 42.5 Å². The van der Waals surface area contributed by atoms with E-state index in [0.717, 1.165) is 11.4 Å². The summed E-state index contributed by atoms with van der Waals surface area (Å²) in [5, 5.41) is 3.56. The molecular formula is C15H15ClFNO. The molecule has 0 unspecified atom stereocenters. The molecule has 2 aromatic carbocycles. The number of ether oxygens (including phenoxy) is 1. The molecule has 0 aliphatic rings. The van der Waals surface area contributed by atoms with Gasteiger partial charge in [0.25, 0.3) is 0 Å². The number of benzene rings is 2. The molecule has 1 N–H and O–H groups in total. The average Bonchev–Trinajstić information content (AvgIpc) is 2.40. The fraction of sp³-hybridized carbons (Fsp3) is 0.200. The zero-order chi connectivity index (χ0) is 13.7. The maximum atomic E-state index is 13.6. The molecular weight excluding hydrogens is 265 g/mol. The molecule has 2 nitrogen and oxygen atoms in total. The van der Waals surface area contributed by atoms with Gasteiger partial charge in [-0.05, 0) is 43.3 Å². The minimum Gasteiger partial charge on any atom is -0.494 e. The molecule has 0 fully saturated rings. The maximum Gasteiger partial charge on any atom is 0.129 e. The molecule has 0 atom stereocenters. The van der Waals surface area contributed by atoms with Crippen LogP contribution < -0.4 is 10.1 Å². The van der Waals surface area contributed by atoms with E-state index in [1.54, 1.807) is 12.1 Å². The molecule has 100 valence electrons. The second kappa shape index (κ2) is 6.43. The van der Waals surface area contributed by atoms with Crippen molar-refractivity contribution in [3.8, 4) is 5.75 Å². The zero-order valence-corrected chi connectivity index (χ0v) is 11.4. The highest BCUT2D eigenvalue weighted by atomic mass is 35.5. The van der Waals surface area contributed by atoms with Crippen molar-refractivity contribution in [3.05, 3.63) is 58.9 Å². The molecule has 0 aromatic heterocycles. The van der Waals surface area contributed by atoms with E-state index in [1.165, 1.54) is 6.07 Å². The van der Waals surface area contributed by atoms with Crippen molar-refractivity contribution in [3.63, 3.8) is 0 Å². The lowest BCUT2D eigenvalue weighted by Gasteiger charge is -2.09. The van der Waals surface area contributed by atoms with Crippen LogP contribution in [0.2, 0.25) is 5.02 Å². The summed E-state index contributed by atoms with van der Waals surface area (Å²) in [4.78, 5) is 0. The first-order valence-electron chi connectivity index (χ1n) is 6.09. The maximum absolute atomic E-state index is 13.6. The molecule has 0 radical (unpaired) electrons. The van der Waals surface area contributed by atoms with Crippen LogP contribution in [0.25, 0.3) is 0 Å². The molecule has 0 saturated heterocycles. The van der Waals surface area contributed by atoms with Gasteiger partial charge >= 0.3 is 0 Å². The fourth-order valence-corrected chi connectivity index (χ4v) is 1.86. The smallest absolute Gasteiger partial charge is 0.129 e. The van der Waals surface area contributed by atoms with Crippen LogP contribution in [-0.2, 0) is 6.54 Å². The van der Waals surface area contributed by atoms with Crippen molar-refractivity contribution in [1.82, 2.24) is 0 Å². The van der Waals surface area contributed by atoms with Crippen molar-refractivity contribution >= 4 is 17.3 Å². The van der Waals surface area contributed by atoms with Crippen LogP contribution in [0.5, 0.6) is 5.75 Å². The Morgan fingerprint density at radius 2 is 1.89 bits per heavy atom. The third-order valence-electron chi connectivity index (χ3n) is 2.66. The minimum absolute atomic E-state index is 0.300. The Morgan fingerprint density at radius 3 is 2.53 bits per heavy atom. The Bertz CT molecular complexity index is 542. The van der Waals surface area contributed by atoms with E-state index in [0.29, 0.717) is 23.7 Å². The van der Waals surface area contributed by atoms with Gasteiger partial charge in [0.05, 0.1) is 6.61 Å². The Kier molecular flexibility index (Phi) is 4.63. The molecule has 19 heavy (non-hydrogen) atoms. The third-order valence-corrected chi connectivity index (χ3v) is 2.90. The van der Waals surface area contributed by atoms with Crippen LogP contribution in [0.1, 0.15) is 12.5 Å². The third kappa shape index (κ3) is 3.86. The van der Waals surface area contributed by atoms with Gasteiger partial charge in [0.2, 0.25) is 0 Å². The molecule has 0 bridgehead atoms. The summed E-state index contributed by atoms with van der Waals surface area (Å²) in [5.41, 5.74) is 1.50. The summed E-state index contributed by atoms with van der Waals surface area (Å²) in [5.74, 6) is 0.525. The highest BCUT2D eigenvalue weighted by molar-refractivity contribution is 6.30. The van der Waals surface area contributed by atoms with E-state index < -0.39 is 0 Å². The first kappa shape index (κ1) is 13.7. The van der Waals surface area contributed by atoms with Crippen LogP contribution in [-0.4, -0.2) is 6.61 Å². The topological polar surface area (TPSA) is 21.3 Å². The number of halogens is 2. The van der Waals surface area contributed by atoms with E-state index in [-0.39, 0.29) is 5.82 Å². The summed E-state index contributed by atoms with van der Waals surface area (Å²) in [7, 11) is 0. The van der Waals surface area contributed by atoms with Gasteiger partial charge in [0.15, 0.2) is 0 Å². The average molecular weight is 280 g/mol. The summed E-state index contributed by atoms with van der Waals surface area (Å²) in [6.07, 6.45) is 0. The lowest BCUT2D eigenvalue weighted by molar-refractivity contribution is 0.340. The van der Waals surface area contributed by atoms with E-state index in [2.05, 4.69) is 5.32 Å². The van der Waals surface area contributed by atoms with E-state index in [1.807, 2.05) is 31.2 Å². The van der Waals surface area contributed by atoms with E-state index in [9.17, 15) is 4.39 Å². The van der Waals surface area contributed by atoms with Crippen molar-refractivity contribution in [2.45, 2.75) is 13.5 Å². The van der Waals surface area contributed by atoms with Crippen molar-refractivity contribution in [2.75, 3.05) is 11.9 Å².